The Labute approximate surface area is 77.2 Å². The van der Waals surface area contributed by atoms with Crippen molar-refractivity contribution < 1.29 is 5.11 Å². The van der Waals surface area contributed by atoms with Crippen molar-refractivity contribution in [2.45, 2.75) is 12.8 Å². The lowest BCUT2D eigenvalue weighted by Gasteiger charge is -2.15. The van der Waals surface area contributed by atoms with Crippen molar-refractivity contribution in [3.05, 3.63) is 12.4 Å². The lowest BCUT2D eigenvalue weighted by Crippen LogP contribution is -2.21. The lowest BCUT2D eigenvalue weighted by molar-refractivity contribution is 0.469. The number of aromatic hydroxyl groups is 1. The molecule has 0 spiro atoms. The van der Waals surface area contributed by atoms with Gasteiger partial charge in [-0.2, -0.15) is 0 Å². The zero-order valence-electron chi connectivity index (χ0n) is 7.64. The van der Waals surface area contributed by atoms with Crippen molar-refractivity contribution >= 4 is 5.95 Å². The van der Waals surface area contributed by atoms with E-state index in [-0.39, 0.29) is 5.75 Å². The van der Waals surface area contributed by atoms with Gasteiger partial charge in [-0.3, -0.25) is 0 Å². The first-order chi connectivity index (χ1) is 6.25. The third-order valence-corrected chi connectivity index (χ3v) is 2.19. The predicted molar refractivity (Wildman–Crippen MR) is 49.7 cm³/mol. The van der Waals surface area contributed by atoms with Crippen molar-refractivity contribution in [3.8, 4) is 5.75 Å². The van der Waals surface area contributed by atoms with Crippen LogP contribution >= 0.6 is 0 Å². The molecule has 70 valence electrons. The fourth-order valence-electron chi connectivity index (χ4n) is 1.28. The number of anilines is 1. The molecule has 1 heterocycles. The molecule has 1 aliphatic rings. The van der Waals surface area contributed by atoms with E-state index < -0.39 is 0 Å². The van der Waals surface area contributed by atoms with Crippen LogP contribution in [-0.2, 0) is 0 Å². The van der Waals surface area contributed by atoms with E-state index in [9.17, 15) is 0 Å². The van der Waals surface area contributed by atoms with Crippen LogP contribution in [0.25, 0.3) is 0 Å². The van der Waals surface area contributed by atoms with Crippen LogP contribution in [0.1, 0.15) is 12.8 Å². The Kier molecular flexibility index (Phi) is 2.04. The van der Waals surface area contributed by atoms with E-state index in [0.29, 0.717) is 5.95 Å². The molecular weight excluding hydrogens is 166 g/mol. The Balaban J connectivity index is 2.01. The monoisotopic (exact) mass is 179 g/mol. The maximum Gasteiger partial charge on any atom is 0.225 e. The van der Waals surface area contributed by atoms with Crippen molar-refractivity contribution in [2.75, 3.05) is 18.5 Å². The van der Waals surface area contributed by atoms with Gasteiger partial charge in [-0.15, -0.1) is 0 Å². The minimum Gasteiger partial charge on any atom is -0.505 e. The molecule has 4 heteroatoms. The van der Waals surface area contributed by atoms with Gasteiger partial charge in [0.1, 0.15) is 0 Å². The maximum atomic E-state index is 8.99. The fraction of sp³-hybridized carbons (Fsp3) is 0.556. The summed E-state index contributed by atoms with van der Waals surface area (Å²) in [4.78, 5) is 10.1. The molecule has 1 N–H and O–H groups in total. The normalized spacial score (nSPS) is 15.8. The number of rotatable bonds is 3. The SMILES string of the molecule is CN(CC1CC1)c1ncc(O)cn1. The van der Waals surface area contributed by atoms with Gasteiger partial charge in [0.15, 0.2) is 5.75 Å². The average Bonchev–Trinajstić information content (AvgIpc) is 2.89. The predicted octanol–water partition coefficient (Wildman–Crippen LogP) is 1.03. The van der Waals surface area contributed by atoms with Crippen LogP contribution in [0, 0.1) is 5.92 Å². The summed E-state index contributed by atoms with van der Waals surface area (Å²) in [6, 6.07) is 0. The lowest BCUT2D eigenvalue weighted by atomic mass is 10.4. The van der Waals surface area contributed by atoms with E-state index >= 15 is 0 Å². The standard InChI is InChI=1S/C9H13N3O/c1-12(6-7-2-3-7)9-10-4-8(13)5-11-9/h4-5,7,13H,2-3,6H2,1H3. The molecule has 1 aromatic rings. The zero-order valence-corrected chi connectivity index (χ0v) is 7.64. The summed E-state index contributed by atoms with van der Waals surface area (Å²) in [5.74, 6) is 1.62. The molecule has 0 atom stereocenters. The Morgan fingerprint density at radius 2 is 2.08 bits per heavy atom. The van der Waals surface area contributed by atoms with E-state index in [1.165, 1.54) is 25.2 Å². The fourth-order valence-corrected chi connectivity index (χ4v) is 1.28. The number of hydrogen-bond acceptors (Lipinski definition) is 4. The van der Waals surface area contributed by atoms with Gasteiger partial charge in [0, 0.05) is 13.6 Å². The number of hydrogen-bond donors (Lipinski definition) is 1. The van der Waals surface area contributed by atoms with Gasteiger partial charge in [0.2, 0.25) is 5.95 Å². The molecule has 0 unspecified atom stereocenters. The molecule has 2 rings (SSSR count). The minimum atomic E-state index is 0.114. The first kappa shape index (κ1) is 8.29. The summed E-state index contributed by atoms with van der Waals surface area (Å²) in [5.41, 5.74) is 0. The molecular formula is C9H13N3O. The Morgan fingerprint density at radius 1 is 1.46 bits per heavy atom. The largest absolute Gasteiger partial charge is 0.505 e. The van der Waals surface area contributed by atoms with Crippen molar-refractivity contribution in [2.24, 2.45) is 5.92 Å². The highest BCUT2D eigenvalue weighted by Gasteiger charge is 2.23. The molecule has 0 amide bonds. The second-order valence-corrected chi connectivity index (χ2v) is 3.57. The van der Waals surface area contributed by atoms with Crippen LogP contribution < -0.4 is 4.90 Å². The second-order valence-electron chi connectivity index (χ2n) is 3.57. The maximum absolute atomic E-state index is 8.99. The van der Waals surface area contributed by atoms with Crippen LogP contribution in [0.15, 0.2) is 12.4 Å². The Bertz CT molecular complexity index is 281. The van der Waals surface area contributed by atoms with Gasteiger partial charge in [-0.1, -0.05) is 0 Å². The molecule has 1 aliphatic carbocycles. The van der Waals surface area contributed by atoms with Gasteiger partial charge in [-0.25, -0.2) is 9.97 Å². The molecule has 4 nitrogen and oxygen atoms in total. The summed E-state index contributed by atoms with van der Waals surface area (Å²) < 4.78 is 0. The van der Waals surface area contributed by atoms with Crippen molar-refractivity contribution in [1.82, 2.24) is 9.97 Å². The van der Waals surface area contributed by atoms with Crippen LogP contribution in [0.2, 0.25) is 0 Å². The summed E-state index contributed by atoms with van der Waals surface area (Å²) in [6.45, 7) is 1.02. The highest BCUT2D eigenvalue weighted by Crippen LogP contribution is 2.30. The smallest absolute Gasteiger partial charge is 0.225 e. The molecule has 0 radical (unpaired) electrons. The third kappa shape index (κ3) is 2.08. The van der Waals surface area contributed by atoms with Gasteiger partial charge in [0.05, 0.1) is 12.4 Å². The van der Waals surface area contributed by atoms with Crippen molar-refractivity contribution in [1.29, 1.82) is 0 Å². The quantitative estimate of drug-likeness (QED) is 0.752. The summed E-state index contributed by atoms with van der Waals surface area (Å²) >= 11 is 0. The van der Waals surface area contributed by atoms with E-state index in [2.05, 4.69) is 9.97 Å². The van der Waals surface area contributed by atoms with E-state index in [0.717, 1.165) is 12.5 Å². The van der Waals surface area contributed by atoms with Crippen LogP contribution in [0.3, 0.4) is 0 Å². The van der Waals surface area contributed by atoms with Crippen LogP contribution in [0.5, 0.6) is 5.75 Å². The molecule has 13 heavy (non-hydrogen) atoms. The molecule has 1 fully saturated rings. The molecule has 0 bridgehead atoms. The zero-order chi connectivity index (χ0) is 9.26. The van der Waals surface area contributed by atoms with Crippen LogP contribution in [0.4, 0.5) is 5.95 Å². The number of nitrogens with zero attached hydrogens (tertiary/aromatic N) is 3. The summed E-state index contributed by atoms with van der Waals surface area (Å²) in [6.07, 6.45) is 5.49. The number of aromatic nitrogens is 2. The van der Waals surface area contributed by atoms with E-state index in [1.807, 2.05) is 11.9 Å². The van der Waals surface area contributed by atoms with Gasteiger partial charge < -0.3 is 10.0 Å². The van der Waals surface area contributed by atoms with E-state index in [1.54, 1.807) is 0 Å². The van der Waals surface area contributed by atoms with Gasteiger partial charge >= 0.3 is 0 Å². The molecule has 0 saturated heterocycles. The topological polar surface area (TPSA) is 49.2 Å². The molecule has 1 aromatic heterocycles. The third-order valence-electron chi connectivity index (χ3n) is 2.19. The highest BCUT2D eigenvalue weighted by atomic mass is 16.3. The first-order valence-electron chi connectivity index (χ1n) is 4.48. The summed E-state index contributed by atoms with van der Waals surface area (Å²) in [7, 11) is 1.98. The van der Waals surface area contributed by atoms with Crippen molar-refractivity contribution in [3.63, 3.8) is 0 Å². The van der Waals surface area contributed by atoms with E-state index in [4.69, 9.17) is 5.11 Å². The summed E-state index contributed by atoms with van der Waals surface area (Å²) in [5, 5.41) is 8.99. The second kappa shape index (κ2) is 3.20. The minimum absolute atomic E-state index is 0.114. The Morgan fingerprint density at radius 3 is 2.62 bits per heavy atom. The Hall–Kier alpha value is -1.32. The average molecular weight is 179 g/mol. The molecule has 1 saturated carbocycles. The molecule has 0 aromatic carbocycles. The molecule has 0 aliphatic heterocycles. The first-order valence-corrected chi connectivity index (χ1v) is 4.48. The highest BCUT2D eigenvalue weighted by molar-refractivity contribution is 5.29. The van der Waals surface area contributed by atoms with Gasteiger partial charge in [0.25, 0.3) is 0 Å². The van der Waals surface area contributed by atoms with Crippen LogP contribution in [-0.4, -0.2) is 28.7 Å². The van der Waals surface area contributed by atoms with Gasteiger partial charge in [-0.05, 0) is 18.8 Å².